The van der Waals surface area contributed by atoms with Gasteiger partial charge in [-0.2, -0.15) is 0 Å². The van der Waals surface area contributed by atoms with Crippen LogP contribution in [0, 0.1) is 0 Å². The lowest BCUT2D eigenvalue weighted by Gasteiger charge is -2.28. The highest BCUT2D eigenvalue weighted by Crippen LogP contribution is 2.13. The summed E-state index contributed by atoms with van der Waals surface area (Å²) in [5.74, 6) is 0.779. The van der Waals surface area contributed by atoms with Crippen LogP contribution in [0.4, 0.5) is 5.95 Å². The molecule has 0 fully saturated rings. The molecule has 0 N–H and O–H groups in total. The molecule has 0 aliphatic rings. The Morgan fingerprint density at radius 3 is 2.53 bits per heavy atom. The van der Waals surface area contributed by atoms with Gasteiger partial charge in [-0.15, -0.1) is 0 Å². The molecule has 96 valence electrons. The highest BCUT2D eigenvalue weighted by Gasteiger charge is 2.15. The van der Waals surface area contributed by atoms with Gasteiger partial charge in [0.1, 0.15) is 0 Å². The van der Waals surface area contributed by atoms with Crippen molar-refractivity contribution >= 4 is 21.9 Å². The number of rotatable bonds is 7. The lowest BCUT2D eigenvalue weighted by Crippen LogP contribution is -2.36. The standard InChI is InChI=1S/C12H20BrN3O/c1-4-10(2)16(5-6-17-3)12-14-8-11(7-13)9-15-12/h8-10H,4-7H2,1-3H3. The van der Waals surface area contributed by atoms with E-state index < -0.39 is 0 Å². The summed E-state index contributed by atoms with van der Waals surface area (Å²) in [6.45, 7) is 5.85. The van der Waals surface area contributed by atoms with Gasteiger partial charge in [-0.25, -0.2) is 9.97 Å². The minimum absolute atomic E-state index is 0.417. The van der Waals surface area contributed by atoms with E-state index in [1.807, 2.05) is 12.4 Å². The Bertz CT molecular complexity index is 318. The third kappa shape index (κ3) is 4.24. The van der Waals surface area contributed by atoms with Crippen molar-refractivity contribution in [3.63, 3.8) is 0 Å². The summed E-state index contributed by atoms with van der Waals surface area (Å²) in [6.07, 6.45) is 4.78. The van der Waals surface area contributed by atoms with Crippen LogP contribution in [-0.4, -0.2) is 36.3 Å². The fourth-order valence-electron chi connectivity index (χ4n) is 1.49. The first-order chi connectivity index (χ1) is 8.22. The fraction of sp³-hybridized carbons (Fsp3) is 0.667. The predicted molar refractivity (Wildman–Crippen MR) is 73.6 cm³/mol. The molecular formula is C12H20BrN3O. The van der Waals surface area contributed by atoms with Crippen molar-refractivity contribution in [3.8, 4) is 0 Å². The molecule has 0 spiro atoms. The highest BCUT2D eigenvalue weighted by molar-refractivity contribution is 9.08. The number of anilines is 1. The quantitative estimate of drug-likeness (QED) is 0.726. The van der Waals surface area contributed by atoms with Crippen LogP contribution < -0.4 is 4.90 Å². The molecule has 1 aromatic rings. The average Bonchev–Trinajstić information content (AvgIpc) is 2.39. The van der Waals surface area contributed by atoms with Gasteiger partial charge in [0.25, 0.3) is 0 Å². The molecule has 0 aromatic carbocycles. The first kappa shape index (κ1) is 14.4. The first-order valence-electron chi connectivity index (χ1n) is 5.85. The number of methoxy groups -OCH3 is 1. The number of halogens is 1. The third-order valence-corrected chi connectivity index (χ3v) is 3.41. The Morgan fingerprint density at radius 1 is 1.41 bits per heavy atom. The molecule has 17 heavy (non-hydrogen) atoms. The van der Waals surface area contributed by atoms with Gasteiger partial charge >= 0.3 is 0 Å². The van der Waals surface area contributed by atoms with Crippen LogP contribution in [0.1, 0.15) is 25.8 Å². The Morgan fingerprint density at radius 2 is 2.06 bits per heavy atom. The molecule has 4 nitrogen and oxygen atoms in total. The molecule has 1 aromatic heterocycles. The van der Waals surface area contributed by atoms with Crippen LogP contribution in [0.25, 0.3) is 0 Å². The van der Waals surface area contributed by atoms with Crippen LogP contribution in [-0.2, 0) is 10.1 Å². The van der Waals surface area contributed by atoms with E-state index in [1.165, 1.54) is 0 Å². The second-order valence-corrected chi connectivity index (χ2v) is 4.53. The van der Waals surface area contributed by atoms with Crippen LogP contribution in [0.2, 0.25) is 0 Å². The van der Waals surface area contributed by atoms with Gasteiger partial charge in [-0.1, -0.05) is 22.9 Å². The SMILES string of the molecule is CCC(C)N(CCOC)c1ncc(CBr)cn1. The Labute approximate surface area is 112 Å². The molecule has 1 rings (SSSR count). The van der Waals surface area contributed by atoms with Gasteiger partial charge < -0.3 is 9.64 Å². The minimum Gasteiger partial charge on any atom is -0.383 e. The first-order valence-corrected chi connectivity index (χ1v) is 6.97. The number of hydrogen-bond acceptors (Lipinski definition) is 4. The van der Waals surface area contributed by atoms with E-state index >= 15 is 0 Å². The van der Waals surface area contributed by atoms with E-state index in [9.17, 15) is 0 Å². The molecule has 0 amide bonds. The maximum absolute atomic E-state index is 5.13. The van der Waals surface area contributed by atoms with E-state index in [0.29, 0.717) is 12.6 Å². The van der Waals surface area contributed by atoms with Crippen LogP contribution in [0.3, 0.4) is 0 Å². The van der Waals surface area contributed by atoms with Crippen LogP contribution >= 0.6 is 15.9 Å². The summed E-state index contributed by atoms with van der Waals surface area (Å²) in [6, 6.07) is 0.417. The summed E-state index contributed by atoms with van der Waals surface area (Å²) >= 11 is 3.39. The van der Waals surface area contributed by atoms with Crippen molar-refractivity contribution in [1.82, 2.24) is 9.97 Å². The zero-order chi connectivity index (χ0) is 12.7. The summed E-state index contributed by atoms with van der Waals surface area (Å²) in [5.41, 5.74) is 1.09. The number of hydrogen-bond donors (Lipinski definition) is 0. The van der Waals surface area contributed by atoms with Crippen molar-refractivity contribution in [2.45, 2.75) is 31.6 Å². The molecule has 0 aliphatic carbocycles. The number of nitrogens with zero attached hydrogens (tertiary/aromatic N) is 3. The molecule has 0 saturated carbocycles. The monoisotopic (exact) mass is 301 g/mol. The lowest BCUT2D eigenvalue weighted by molar-refractivity contribution is 0.203. The van der Waals surface area contributed by atoms with Crippen molar-refractivity contribution < 1.29 is 4.74 Å². The summed E-state index contributed by atoms with van der Waals surface area (Å²) < 4.78 is 5.13. The zero-order valence-electron chi connectivity index (χ0n) is 10.7. The van der Waals surface area contributed by atoms with Gasteiger partial charge in [0.15, 0.2) is 0 Å². The van der Waals surface area contributed by atoms with Gasteiger partial charge in [0, 0.05) is 37.4 Å². The molecule has 5 heteroatoms. The second-order valence-electron chi connectivity index (χ2n) is 3.97. The van der Waals surface area contributed by atoms with E-state index in [2.05, 4.69) is 44.6 Å². The topological polar surface area (TPSA) is 38.2 Å². The highest BCUT2D eigenvalue weighted by atomic mass is 79.9. The maximum atomic E-state index is 5.13. The van der Waals surface area contributed by atoms with E-state index in [1.54, 1.807) is 7.11 Å². The lowest BCUT2D eigenvalue weighted by atomic mass is 10.2. The Hall–Kier alpha value is -0.680. The molecule has 1 heterocycles. The van der Waals surface area contributed by atoms with Gasteiger partial charge in [0.05, 0.1) is 6.61 Å². The maximum Gasteiger partial charge on any atom is 0.225 e. The molecule has 0 radical (unpaired) electrons. The summed E-state index contributed by atoms with van der Waals surface area (Å²) in [7, 11) is 1.71. The zero-order valence-corrected chi connectivity index (χ0v) is 12.3. The number of alkyl halides is 1. The smallest absolute Gasteiger partial charge is 0.225 e. The molecule has 0 aliphatic heterocycles. The largest absolute Gasteiger partial charge is 0.383 e. The molecule has 0 saturated heterocycles. The van der Waals surface area contributed by atoms with Gasteiger partial charge in [0.2, 0.25) is 5.95 Å². The second kappa shape index (κ2) is 7.61. The van der Waals surface area contributed by atoms with Crippen molar-refractivity contribution in [1.29, 1.82) is 0 Å². The van der Waals surface area contributed by atoms with E-state index in [4.69, 9.17) is 4.74 Å². The van der Waals surface area contributed by atoms with Crippen molar-refractivity contribution in [2.24, 2.45) is 0 Å². The fourth-order valence-corrected chi connectivity index (χ4v) is 1.78. The Balaban J connectivity index is 2.79. The molecule has 1 atom stereocenters. The third-order valence-electron chi connectivity index (χ3n) is 2.76. The van der Waals surface area contributed by atoms with Crippen molar-refractivity contribution in [3.05, 3.63) is 18.0 Å². The minimum atomic E-state index is 0.417. The van der Waals surface area contributed by atoms with Crippen LogP contribution in [0.5, 0.6) is 0 Å². The molecule has 0 bridgehead atoms. The Kier molecular flexibility index (Phi) is 6.44. The number of ether oxygens (including phenoxy) is 1. The predicted octanol–water partition coefficient (Wildman–Crippen LogP) is 2.62. The average molecular weight is 302 g/mol. The molecular weight excluding hydrogens is 282 g/mol. The summed E-state index contributed by atoms with van der Waals surface area (Å²) in [5, 5.41) is 0.786. The molecule has 1 unspecified atom stereocenters. The van der Waals surface area contributed by atoms with Gasteiger partial charge in [-0.3, -0.25) is 0 Å². The number of aromatic nitrogens is 2. The van der Waals surface area contributed by atoms with E-state index in [0.717, 1.165) is 29.8 Å². The van der Waals surface area contributed by atoms with Crippen LogP contribution in [0.15, 0.2) is 12.4 Å². The van der Waals surface area contributed by atoms with Crippen molar-refractivity contribution in [2.75, 3.05) is 25.2 Å². The van der Waals surface area contributed by atoms with E-state index in [-0.39, 0.29) is 0 Å². The van der Waals surface area contributed by atoms with Gasteiger partial charge in [-0.05, 0) is 18.9 Å². The normalized spacial score (nSPS) is 12.5. The summed E-state index contributed by atoms with van der Waals surface area (Å²) in [4.78, 5) is 11.0.